The molecule has 1 aromatic carbocycles. The molecule has 94 valence electrons. The summed E-state index contributed by atoms with van der Waals surface area (Å²) in [6.45, 7) is 0. The zero-order valence-corrected chi connectivity index (χ0v) is 11.0. The van der Waals surface area contributed by atoms with E-state index >= 15 is 0 Å². The SMILES string of the molecule is O=C(O)C1CCC(c2csc3ccccc23)CC1. The van der Waals surface area contributed by atoms with Crippen molar-refractivity contribution in [3.05, 3.63) is 35.2 Å². The van der Waals surface area contributed by atoms with Gasteiger partial charge in [-0.15, -0.1) is 11.3 Å². The second kappa shape index (κ2) is 4.73. The van der Waals surface area contributed by atoms with Crippen molar-refractivity contribution in [3.63, 3.8) is 0 Å². The molecule has 18 heavy (non-hydrogen) atoms. The summed E-state index contributed by atoms with van der Waals surface area (Å²) in [4.78, 5) is 11.0. The molecular formula is C15H16O2S. The summed E-state index contributed by atoms with van der Waals surface area (Å²) in [5, 5.41) is 12.7. The van der Waals surface area contributed by atoms with Gasteiger partial charge in [0.25, 0.3) is 0 Å². The number of carbonyl (C=O) groups is 1. The van der Waals surface area contributed by atoms with Gasteiger partial charge in [-0.1, -0.05) is 18.2 Å². The van der Waals surface area contributed by atoms with E-state index in [9.17, 15) is 4.79 Å². The molecule has 1 aliphatic carbocycles. The number of fused-ring (bicyclic) bond motifs is 1. The fourth-order valence-corrected chi connectivity index (χ4v) is 4.01. The van der Waals surface area contributed by atoms with Crippen LogP contribution in [0.25, 0.3) is 10.1 Å². The molecule has 2 nitrogen and oxygen atoms in total. The number of aliphatic carboxylic acids is 1. The monoisotopic (exact) mass is 260 g/mol. The average molecular weight is 260 g/mol. The minimum atomic E-state index is -0.622. The van der Waals surface area contributed by atoms with E-state index in [1.165, 1.54) is 15.6 Å². The summed E-state index contributed by atoms with van der Waals surface area (Å²) in [6.07, 6.45) is 3.67. The van der Waals surface area contributed by atoms with Crippen molar-refractivity contribution in [2.24, 2.45) is 5.92 Å². The first-order valence-corrected chi connectivity index (χ1v) is 7.32. The van der Waals surface area contributed by atoms with Crippen LogP contribution in [0.15, 0.2) is 29.6 Å². The lowest BCUT2D eigenvalue weighted by molar-refractivity contribution is -0.142. The van der Waals surface area contributed by atoms with E-state index in [2.05, 4.69) is 29.6 Å². The third-order valence-electron chi connectivity index (χ3n) is 4.03. The van der Waals surface area contributed by atoms with Gasteiger partial charge in [-0.2, -0.15) is 0 Å². The van der Waals surface area contributed by atoms with Crippen LogP contribution >= 0.6 is 11.3 Å². The predicted molar refractivity (Wildman–Crippen MR) is 74.2 cm³/mol. The molecule has 1 fully saturated rings. The van der Waals surface area contributed by atoms with Gasteiger partial charge in [0.15, 0.2) is 0 Å². The zero-order valence-electron chi connectivity index (χ0n) is 10.1. The van der Waals surface area contributed by atoms with Gasteiger partial charge in [-0.3, -0.25) is 4.79 Å². The van der Waals surface area contributed by atoms with Gasteiger partial charge in [0.1, 0.15) is 0 Å². The molecule has 0 aliphatic heterocycles. The molecule has 3 rings (SSSR count). The Labute approximate surface area is 110 Å². The van der Waals surface area contributed by atoms with Crippen molar-refractivity contribution in [2.45, 2.75) is 31.6 Å². The molecule has 0 spiro atoms. The molecule has 2 aromatic rings. The molecule has 1 N–H and O–H groups in total. The Morgan fingerprint density at radius 3 is 2.61 bits per heavy atom. The van der Waals surface area contributed by atoms with Gasteiger partial charge in [0.2, 0.25) is 0 Å². The zero-order chi connectivity index (χ0) is 12.5. The molecule has 0 atom stereocenters. The first-order chi connectivity index (χ1) is 8.75. The summed E-state index contributed by atoms with van der Waals surface area (Å²) >= 11 is 1.80. The molecule has 1 heterocycles. The maximum Gasteiger partial charge on any atom is 0.306 e. The Hall–Kier alpha value is -1.35. The predicted octanol–water partition coefficient (Wildman–Crippen LogP) is 4.26. The first kappa shape index (κ1) is 11.7. The number of carboxylic acids is 1. The normalized spacial score (nSPS) is 24.2. The molecular weight excluding hydrogens is 244 g/mol. The fourth-order valence-electron chi connectivity index (χ4n) is 2.97. The van der Waals surface area contributed by atoms with Crippen molar-refractivity contribution in [3.8, 4) is 0 Å². The molecule has 1 aromatic heterocycles. The van der Waals surface area contributed by atoms with Crippen LogP contribution in [0.3, 0.4) is 0 Å². The minimum absolute atomic E-state index is 0.119. The standard InChI is InChI=1S/C15H16O2S/c16-15(17)11-7-5-10(6-8-11)13-9-18-14-4-2-1-3-12(13)14/h1-4,9-11H,5-8H2,(H,16,17). The number of thiophene rings is 1. The Kier molecular flexibility index (Phi) is 3.08. The number of hydrogen-bond donors (Lipinski definition) is 1. The second-order valence-electron chi connectivity index (χ2n) is 5.07. The van der Waals surface area contributed by atoms with Crippen LogP contribution in [0.5, 0.6) is 0 Å². The molecule has 3 heteroatoms. The van der Waals surface area contributed by atoms with Crippen LogP contribution in [0.4, 0.5) is 0 Å². The summed E-state index contributed by atoms with van der Waals surface area (Å²) < 4.78 is 1.34. The van der Waals surface area contributed by atoms with E-state index in [-0.39, 0.29) is 5.92 Å². The molecule has 0 saturated heterocycles. The van der Waals surface area contributed by atoms with E-state index < -0.39 is 5.97 Å². The molecule has 0 radical (unpaired) electrons. The lowest BCUT2D eigenvalue weighted by Gasteiger charge is -2.25. The van der Waals surface area contributed by atoms with Crippen molar-refractivity contribution >= 4 is 27.4 Å². The van der Waals surface area contributed by atoms with Gasteiger partial charge in [0.05, 0.1) is 5.92 Å². The Balaban J connectivity index is 1.82. The Morgan fingerprint density at radius 1 is 1.17 bits per heavy atom. The van der Waals surface area contributed by atoms with E-state index in [1.807, 2.05) is 0 Å². The number of hydrogen-bond acceptors (Lipinski definition) is 2. The molecule has 0 unspecified atom stereocenters. The second-order valence-corrected chi connectivity index (χ2v) is 5.99. The average Bonchev–Trinajstić information content (AvgIpc) is 2.82. The van der Waals surface area contributed by atoms with Crippen LogP contribution in [-0.4, -0.2) is 11.1 Å². The van der Waals surface area contributed by atoms with Crippen molar-refractivity contribution < 1.29 is 9.90 Å². The lowest BCUT2D eigenvalue weighted by atomic mass is 9.79. The van der Waals surface area contributed by atoms with E-state index in [0.29, 0.717) is 5.92 Å². The minimum Gasteiger partial charge on any atom is -0.481 e. The molecule has 0 bridgehead atoms. The molecule has 0 amide bonds. The summed E-state index contributed by atoms with van der Waals surface area (Å²) in [5.41, 5.74) is 1.43. The van der Waals surface area contributed by atoms with Crippen LogP contribution in [-0.2, 0) is 4.79 Å². The van der Waals surface area contributed by atoms with Crippen molar-refractivity contribution in [1.29, 1.82) is 0 Å². The van der Waals surface area contributed by atoms with Gasteiger partial charge in [0, 0.05) is 4.70 Å². The first-order valence-electron chi connectivity index (χ1n) is 6.44. The highest BCUT2D eigenvalue weighted by Gasteiger charge is 2.27. The van der Waals surface area contributed by atoms with Crippen LogP contribution in [0.1, 0.15) is 37.2 Å². The summed E-state index contributed by atoms with van der Waals surface area (Å²) in [7, 11) is 0. The number of rotatable bonds is 2. The highest BCUT2D eigenvalue weighted by molar-refractivity contribution is 7.17. The fraction of sp³-hybridized carbons (Fsp3) is 0.400. The topological polar surface area (TPSA) is 37.3 Å². The highest BCUT2D eigenvalue weighted by atomic mass is 32.1. The van der Waals surface area contributed by atoms with Gasteiger partial charge in [-0.05, 0) is 54.0 Å². The van der Waals surface area contributed by atoms with E-state index in [4.69, 9.17) is 5.11 Å². The number of benzene rings is 1. The number of carboxylic acid groups (broad SMARTS) is 1. The molecule has 1 aliphatic rings. The quantitative estimate of drug-likeness (QED) is 0.876. The largest absolute Gasteiger partial charge is 0.481 e. The maximum absolute atomic E-state index is 11.0. The highest BCUT2D eigenvalue weighted by Crippen LogP contribution is 2.40. The Morgan fingerprint density at radius 2 is 1.89 bits per heavy atom. The van der Waals surface area contributed by atoms with Crippen molar-refractivity contribution in [2.75, 3.05) is 0 Å². The smallest absolute Gasteiger partial charge is 0.306 e. The Bertz CT molecular complexity index is 565. The third kappa shape index (κ3) is 2.03. The third-order valence-corrected chi connectivity index (χ3v) is 5.01. The lowest BCUT2D eigenvalue weighted by Crippen LogP contribution is -2.20. The van der Waals surface area contributed by atoms with Crippen LogP contribution < -0.4 is 0 Å². The van der Waals surface area contributed by atoms with Gasteiger partial charge in [-0.25, -0.2) is 0 Å². The van der Waals surface area contributed by atoms with Crippen molar-refractivity contribution in [1.82, 2.24) is 0 Å². The van der Waals surface area contributed by atoms with Gasteiger partial charge < -0.3 is 5.11 Å². The maximum atomic E-state index is 11.0. The van der Waals surface area contributed by atoms with Crippen LogP contribution in [0.2, 0.25) is 0 Å². The van der Waals surface area contributed by atoms with Gasteiger partial charge >= 0.3 is 5.97 Å². The summed E-state index contributed by atoms with van der Waals surface area (Å²) in [5.74, 6) is -0.188. The van der Waals surface area contributed by atoms with Crippen LogP contribution in [0, 0.1) is 5.92 Å². The molecule has 1 saturated carbocycles. The summed E-state index contributed by atoms with van der Waals surface area (Å²) in [6, 6.07) is 8.50. The van der Waals surface area contributed by atoms with E-state index in [1.54, 1.807) is 11.3 Å². The van der Waals surface area contributed by atoms with E-state index in [0.717, 1.165) is 25.7 Å².